The van der Waals surface area contributed by atoms with E-state index in [1.54, 1.807) is 22.8 Å². The van der Waals surface area contributed by atoms with Gasteiger partial charge in [-0.1, -0.05) is 53.1 Å². The van der Waals surface area contributed by atoms with Crippen molar-refractivity contribution in [1.29, 1.82) is 0 Å². The van der Waals surface area contributed by atoms with Crippen LogP contribution in [0.4, 0.5) is 0 Å². The van der Waals surface area contributed by atoms with Gasteiger partial charge in [-0.25, -0.2) is 0 Å². The van der Waals surface area contributed by atoms with Gasteiger partial charge in [0.05, 0.1) is 0 Å². The molecule has 0 fully saturated rings. The SMILES string of the molecule is Cc1ccc(OP(=S)(Sc2ccc(C)cc2)Sc2ccc(C)cc2)cc1. The van der Waals surface area contributed by atoms with E-state index in [4.69, 9.17) is 16.3 Å². The maximum Gasteiger partial charge on any atom is 0.231 e. The van der Waals surface area contributed by atoms with Crippen molar-refractivity contribution in [3.8, 4) is 5.75 Å². The van der Waals surface area contributed by atoms with Crippen LogP contribution >= 0.6 is 27.4 Å². The number of rotatable bonds is 6. The fraction of sp³-hybridized carbons (Fsp3) is 0.143. The third-order valence-corrected chi connectivity index (χ3v) is 11.5. The highest BCUT2D eigenvalue weighted by atomic mass is 33.2. The molecule has 0 aromatic heterocycles. The van der Waals surface area contributed by atoms with E-state index in [1.807, 2.05) is 12.1 Å². The molecule has 0 saturated heterocycles. The molecule has 5 heteroatoms. The van der Waals surface area contributed by atoms with Gasteiger partial charge in [-0.15, -0.1) is 0 Å². The molecule has 3 aromatic rings. The van der Waals surface area contributed by atoms with Gasteiger partial charge in [0, 0.05) is 9.79 Å². The first kappa shape index (κ1) is 19.6. The Kier molecular flexibility index (Phi) is 6.52. The highest BCUT2D eigenvalue weighted by molar-refractivity contribution is 8.99. The Hall–Kier alpha value is -1.19. The predicted octanol–water partition coefficient (Wildman–Crippen LogP) is 7.80. The van der Waals surface area contributed by atoms with Crippen LogP contribution in [0.5, 0.6) is 5.75 Å². The van der Waals surface area contributed by atoms with Crippen LogP contribution in [0.15, 0.2) is 82.6 Å². The van der Waals surface area contributed by atoms with Gasteiger partial charge in [-0.05, 0) is 91.7 Å². The Labute approximate surface area is 169 Å². The molecule has 3 rings (SSSR count). The van der Waals surface area contributed by atoms with Crippen molar-refractivity contribution in [3.05, 3.63) is 89.5 Å². The Morgan fingerprint density at radius 3 is 1.35 bits per heavy atom. The molecule has 0 aliphatic heterocycles. The van der Waals surface area contributed by atoms with Gasteiger partial charge in [-0.2, -0.15) is 0 Å². The third kappa shape index (κ3) is 5.65. The van der Waals surface area contributed by atoms with Crippen LogP contribution in [0, 0.1) is 20.8 Å². The summed E-state index contributed by atoms with van der Waals surface area (Å²) in [6, 6.07) is 25.1. The van der Waals surface area contributed by atoms with Gasteiger partial charge >= 0.3 is 0 Å². The van der Waals surface area contributed by atoms with Crippen LogP contribution in [-0.2, 0) is 11.8 Å². The average molecular weight is 417 g/mol. The smallest absolute Gasteiger partial charge is 0.231 e. The molecule has 0 atom stereocenters. The number of benzene rings is 3. The lowest BCUT2D eigenvalue weighted by Crippen LogP contribution is -1.88. The topological polar surface area (TPSA) is 9.23 Å². The largest absolute Gasteiger partial charge is 0.447 e. The zero-order chi connectivity index (χ0) is 18.6. The summed E-state index contributed by atoms with van der Waals surface area (Å²) in [6.45, 7) is 6.25. The minimum Gasteiger partial charge on any atom is -0.447 e. The molecule has 0 aliphatic carbocycles. The van der Waals surface area contributed by atoms with Crippen molar-refractivity contribution < 1.29 is 4.52 Å². The minimum atomic E-state index is -2.26. The molecule has 26 heavy (non-hydrogen) atoms. The van der Waals surface area contributed by atoms with Gasteiger partial charge < -0.3 is 4.52 Å². The van der Waals surface area contributed by atoms with E-state index in [-0.39, 0.29) is 0 Å². The molecule has 0 heterocycles. The van der Waals surface area contributed by atoms with E-state index in [9.17, 15) is 0 Å². The second kappa shape index (κ2) is 8.67. The monoisotopic (exact) mass is 416 g/mol. The van der Waals surface area contributed by atoms with E-state index in [0.717, 1.165) is 15.5 Å². The third-order valence-electron chi connectivity index (χ3n) is 3.71. The van der Waals surface area contributed by atoms with E-state index >= 15 is 0 Å². The zero-order valence-corrected chi connectivity index (χ0v) is 18.4. The van der Waals surface area contributed by atoms with Gasteiger partial charge in [0.25, 0.3) is 0 Å². The van der Waals surface area contributed by atoms with Crippen LogP contribution in [-0.4, -0.2) is 0 Å². The first-order valence-corrected chi connectivity index (χ1v) is 13.9. The average Bonchev–Trinajstić information content (AvgIpc) is 2.61. The van der Waals surface area contributed by atoms with Crippen LogP contribution in [0.1, 0.15) is 16.7 Å². The molecule has 0 radical (unpaired) electrons. The molecule has 0 aliphatic rings. The Balaban J connectivity index is 1.88. The fourth-order valence-electron chi connectivity index (χ4n) is 2.24. The van der Waals surface area contributed by atoms with Crippen molar-refractivity contribution in [2.24, 2.45) is 0 Å². The summed E-state index contributed by atoms with van der Waals surface area (Å²) < 4.78 is 4.11. The van der Waals surface area contributed by atoms with Gasteiger partial charge in [0.2, 0.25) is 4.67 Å². The summed E-state index contributed by atoms with van der Waals surface area (Å²) in [5, 5.41) is 0. The normalized spacial score (nSPS) is 11.3. The van der Waals surface area contributed by atoms with Crippen LogP contribution in [0.2, 0.25) is 0 Å². The zero-order valence-electron chi connectivity index (χ0n) is 15.0. The molecule has 0 amide bonds. The molecule has 0 spiro atoms. The molecule has 3 aromatic carbocycles. The van der Waals surface area contributed by atoms with Gasteiger partial charge in [-0.3, -0.25) is 0 Å². The Morgan fingerprint density at radius 2 is 0.962 bits per heavy atom. The van der Waals surface area contributed by atoms with Crippen LogP contribution < -0.4 is 4.52 Å². The quantitative estimate of drug-likeness (QED) is 0.379. The molecule has 0 bridgehead atoms. The van der Waals surface area contributed by atoms with Crippen molar-refractivity contribution in [2.75, 3.05) is 0 Å². The Bertz CT molecular complexity index is 781. The van der Waals surface area contributed by atoms with E-state index < -0.39 is 4.67 Å². The van der Waals surface area contributed by atoms with E-state index in [1.165, 1.54) is 16.7 Å². The molecule has 1 nitrogen and oxygen atoms in total. The highest BCUT2D eigenvalue weighted by Crippen LogP contribution is 2.73. The molecule has 0 unspecified atom stereocenters. The summed E-state index contributed by atoms with van der Waals surface area (Å²) in [5.41, 5.74) is 3.70. The number of aryl methyl sites for hydroxylation is 3. The van der Waals surface area contributed by atoms with Crippen molar-refractivity contribution in [2.45, 2.75) is 30.6 Å². The molecule has 0 N–H and O–H groups in total. The van der Waals surface area contributed by atoms with Gasteiger partial charge in [0.15, 0.2) is 0 Å². The maximum atomic E-state index is 6.38. The molecular formula is C21H21OPS3. The predicted molar refractivity (Wildman–Crippen MR) is 120 cm³/mol. The minimum absolute atomic E-state index is 0.832. The molecule has 134 valence electrons. The number of hydrogen-bond acceptors (Lipinski definition) is 4. The van der Waals surface area contributed by atoms with Crippen molar-refractivity contribution in [3.63, 3.8) is 0 Å². The van der Waals surface area contributed by atoms with Gasteiger partial charge in [0.1, 0.15) is 5.75 Å². The summed E-state index contributed by atoms with van der Waals surface area (Å²) >= 11 is 9.39. The summed E-state index contributed by atoms with van der Waals surface area (Å²) in [6.07, 6.45) is 0. The van der Waals surface area contributed by atoms with Crippen LogP contribution in [0.25, 0.3) is 0 Å². The van der Waals surface area contributed by atoms with Crippen molar-refractivity contribution in [1.82, 2.24) is 0 Å². The Morgan fingerprint density at radius 1 is 0.615 bits per heavy atom. The summed E-state index contributed by atoms with van der Waals surface area (Å²) in [5.74, 6) is 0.832. The molecular weight excluding hydrogens is 395 g/mol. The second-order valence-electron chi connectivity index (χ2n) is 6.16. The lowest BCUT2D eigenvalue weighted by atomic mass is 10.2. The second-order valence-corrected chi connectivity index (χ2v) is 16.3. The lowest BCUT2D eigenvalue weighted by Gasteiger charge is -2.22. The fourth-order valence-corrected chi connectivity index (χ4v) is 10.6. The summed E-state index contributed by atoms with van der Waals surface area (Å²) in [7, 11) is 0. The first-order chi connectivity index (χ1) is 12.4. The standard InChI is InChI=1S/C21H21OPS3/c1-16-4-10-19(11-5-16)22-23(24,25-20-12-6-17(2)7-13-20)26-21-14-8-18(3)9-15-21/h4-15H,1-3H3. The molecule has 0 saturated carbocycles. The van der Waals surface area contributed by atoms with Crippen LogP contribution in [0.3, 0.4) is 0 Å². The van der Waals surface area contributed by atoms with E-state index in [0.29, 0.717) is 0 Å². The van der Waals surface area contributed by atoms with Crippen molar-refractivity contribution >= 4 is 39.2 Å². The first-order valence-electron chi connectivity index (χ1n) is 8.31. The highest BCUT2D eigenvalue weighted by Gasteiger charge is 2.24. The maximum absolute atomic E-state index is 6.38. The number of hydrogen-bond donors (Lipinski definition) is 0. The summed E-state index contributed by atoms with van der Waals surface area (Å²) in [4.78, 5) is 2.29. The lowest BCUT2D eigenvalue weighted by molar-refractivity contribution is 0.637. The van der Waals surface area contributed by atoms with E-state index in [2.05, 4.69) is 81.4 Å².